The molecule has 0 radical (unpaired) electrons. The number of halogens is 1. The number of benzene rings is 1. The van der Waals surface area contributed by atoms with Crippen LogP contribution in [0.15, 0.2) is 18.2 Å². The van der Waals surface area contributed by atoms with Crippen LogP contribution in [0.1, 0.15) is 27.2 Å². The number of rotatable bonds is 3. The van der Waals surface area contributed by atoms with Crippen LogP contribution in [0, 0.1) is 5.82 Å². The highest BCUT2D eigenvalue weighted by Gasteiger charge is 2.24. The first-order chi connectivity index (χ1) is 9.02. The molecule has 0 aromatic heterocycles. The van der Waals surface area contributed by atoms with Gasteiger partial charge in [-0.1, -0.05) is 0 Å². The number of ether oxygens (including phenoxy) is 1. The summed E-state index contributed by atoms with van der Waals surface area (Å²) in [7, 11) is 0. The van der Waals surface area contributed by atoms with Gasteiger partial charge in [0, 0.05) is 30.4 Å². The summed E-state index contributed by atoms with van der Waals surface area (Å²) >= 11 is 0. The molecule has 19 heavy (non-hydrogen) atoms. The molecule has 0 spiro atoms. The van der Waals surface area contributed by atoms with Crippen LogP contribution in [-0.2, 0) is 0 Å². The van der Waals surface area contributed by atoms with Crippen LogP contribution in [0.4, 0.5) is 10.1 Å². The van der Waals surface area contributed by atoms with Crippen LogP contribution in [0.5, 0.6) is 5.75 Å². The minimum absolute atomic E-state index is 0.0472. The predicted octanol–water partition coefficient (Wildman–Crippen LogP) is 2.80. The Hall–Kier alpha value is -1.29. The topological polar surface area (TPSA) is 24.5 Å². The average molecular weight is 266 g/mol. The van der Waals surface area contributed by atoms with E-state index in [4.69, 9.17) is 4.74 Å². The molecule has 106 valence electrons. The molecule has 0 aliphatic carbocycles. The van der Waals surface area contributed by atoms with Crippen LogP contribution in [-0.4, -0.2) is 31.8 Å². The third kappa shape index (κ3) is 3.60. The van der Waals surface area contributed by atoms with E-state index in [1.54, 1.807) is 12.1 Å². The lowest BCUT2D eigenvalue weighted by molar-refractivity contribution is 0.321. The Morgan fingerprint density at radius 3 is 2.89 bits per heavy atom. The molecule has 0 unspecified atom stereocenters. The Morgan fingerprint density at radius 2 is 2.21 bits per heavy atom. The lowest BCUT2D eigenvalue weighted by Gasteiger charge is -2.31. The Labute approximate surface area is 114 Å². The van der Waals surface area contributed by atoms with Crippen molar-refractivity contribution in [2.75, 3.05) is 31.1 Å². The van der Waals surface area contributed by atoms with Crippen molar-refractivity contribution < 1.29 is 9.13 Å². The van der Waals surface area contributed by atoms with Gasteiger partial charge in [-0.15, -0.1) is 0 Å². The zero-order chi connectivity index (χ0) is 13.9. The maximum Gasteiger partial charge on any atom is 0.167 e. The van der Waals surface area contributed by atoms with Gasteiger partial charge in [-0.3, -0.25) is 0 Å². The molecule has 0 bridgehead atoms. The zero-order valence-electron chi connectivity index (χ0n) is 12.0. The van der Waals surface area contributed by atoms with E-state index < -0.39 is 0 Å². The molecular weight excluding hydrogens is 243 g/mol. The highest BCUT2D eigenvalue weighted by molar-refractivity contribution is 5.50. The molecule has 0 atom stereocenters. The Kier molecular flexibility index (Phi) is 4.30. The van der Waals surface area contributed by atoms with E-state index in [1.807, 2.05) is 13.0 Å². The van der Waals surface area contributed by atoms with E-state index in [9.17, 15) is 4.39 Å². The highest BCUT2D eigenvalue weighted by atomic mass is 19.1. The van der Waals surface area contributed by atoms with Gasteiger partial charge in [0.15, 0.2) is 11.6 Å². The third-order valence-corrected chi connectivity index (χ3v) is 3.37. The van der Waals surface area contributed by atoms with E-state index in [0.717, 1.165) is 31.7 Å². The van der Waals surface area contributed by atoms with Gasteiger partial charge in [0.1, 0.15) is 0 Å². The first-order valence-electron chi connectivity index (χ1n) is 6.94. The molecule has 1 heterocycles. The van der Waals surface area contributed by atoms with Crippen molar-refractivity contribution >= 4 is 5.69 Å². The second-order valence-electron chi connectivity index (χ2n) is 5.63. The monoisotopic (exact) mass is 266 g/mol. The number of nitrogens with zero attached hydrogens (tertiary/aromatic N) is 1. The van der Waals surface area contributed by atoms with E-state index in [2.05, 4.69) is 24.1 Å². The van der Waals surface area contributed by atoms with Crippen molar-refractivity contribution in [3.8, 4) is 5.75 Å². The van der Waals surface area contributed by atoms with Gasteiger partial charge < -0.3 is 15.0 Å². The van der Waals surface area contributed by atoms with Crippen molar-refractivity contribution in [2.24, 2.45) is 0 Å². The summed E-state index contributed by atoms with van der Waals surface area (Å²) in [5, 5.41) is 3.51. The summed E-state index contributed by atoms with van der Waals surface area (Å²) in [6.07, 6.45) is 1.07. The van der Waals surface area contributed by atoms with Crippen molar-refractivity contribution in [2.45, 2.75) is 32.7 Å². The molecule has 1 N–H and O–H groups in total. The molecule has 1 aromatic carbocycles. The van der Waals surface area contributed by atoms with Crippen LogP contribution in [0.3, 0.4) is 0 Å². The van der Waals surface area contributed by atoms with Crippen LogP contribution in [0.2, 0.25) is 0 Å². The van der Waals surface area contributed by atoms with E-state index in [1.165, 1.54) is 0 Å². The van der Waals surface area contributed by atoms with Crippen LogP contribution in [0.25, 0.3) is 0 Å². The minimum Gasteiger partial charge on any atom is -0.491 e. The second-order valence-corrected chi connectivity index (χ2v) is 5.63. The van der Waals surface area contributed by atoms with Crippen LogP contribution < -0.4 is 15.0 Å². The lowest BCUT2D eigenvalue weighted by atomic mass is 10.1. The van der Waals surface area contributed by atoms with E-state index >= 15 is 0 Å². The van der Waals surface area contributed by atoms with Gasteiger partial charge >= 0.3 is 0 Å². The third-order valence-electron chi connectivity index (χ3n) is 3.37. The molecule has 1 aliphatic heterocycles. The predicted molar refractivity (Wildman–Crippen MR) is 76.5 cm³/mol. The van der Waals surface area contributed by atoms with Crippen molar-refractivity contribution in [1.29, 1.82) is 0 Å². The molecule has 3 nitrogen and oxygen atoms in total. The zero-order valence-corrected chi connectivity index (χ0v) is 12.0. The van der Waals surface area contributed by atoms with Gasteiger partial charge in [0.2, 0.25) is 0 Å². The maximum absolute atomic E-state index is 13.9. The second kappa shape index (κ2) is 5.78. The quantitative estimate of drug-likeness (QED) is 0.910. The lowest BCUT2D eigenvalue weighted by Crippen LogP contribution is -2.46. The minimum atomic E-state index is -0.283. The highest BCUT2D eigenvalue weighted by Crippen LogP contribution is 2.26. The fraction of sp³-hybridized carbons (Fsp3) is 0.600. The summed E-state index contributed by atoms with van der Waals surface area (Å²) < 4.78 is 19.2. The molecule has 1 aliphatic rings. The number of hydrogen-bond donors (Lipinski definition) is 1. The van der Waals surface area contributed by atoms with Gasteiger partial charge in [-0.05, 0) is 45.9 Å². The Balaban J connectivity index is 2.18. The largest absolute Gasteiger partial charge is 0.491 e. The molecule has 1 saturated heterocycles. The summed E-state index contributed by atoms with van der Waals surface area (Å²) in [6, 6.07) is 5.24. The maximum atomic E-state index is 13.9. The number of nitrogens with one attached hydrogen (secondary N) is 1. The number of anilines is 1. The smallest absolute Gasteiger partial charge is 0.167 e. The molecule has 0 amide bonds. The molecule has 2 rings (SSSR count). The van der Waals surface area contributed by atoms with E-state index in [0.29, 0.717) is 12.4 Å². The fourth-order valence-electron chi connectivity index (χ4n) is 2.49. The van der Waals surface area contributed by atoms with Crippen molar-refractivity contribution in [1.82, 2.24) is 5.32 Å². The molecule has 1 fully saturated rings. The van der Waals surface area contributed by atoms with E-state index in [-0.39, 0.29) is 11.4 Å². The first kappa shape index (κ1) is 14.1. The van der Waals surface area contributed by atoms with Crippen molar-refractivity contribution in [3.63, 3.8) is 0 Å². The molecule has 0 saturated carbocycles. The fourth-order valence-corrected chi connectivity index (χ4v) is 2.49. The standard InChI is InChI=1S/C15H23FN2O/c1-4-19-14-7-6-12(10-13(14)16)18-9-5-8-17-15(2,3)11-18/h6-7,10,17H,4-5,8-9,11H2,1-3H3. The van der Waals surface area contributed by atoms with Gasteiger partial charge in [-0.25, -0.2) is 4.39 Å². The summed E-state index contributed by atoms with van der Waals surface area (Å²) in [4.78, 5) is 2.23. The first-order valence-corrected chi connectivity index (χ1v) is 6.94. The normalized spacial score (nSPS) is 19.1. The van der Waals surface area contributed by atoms with Crippen molar-refractivity contribution in [3.05, 3.63) is 24.0 Å². The van der Waals surface area contributed by atoms with Gasteiger partial charge in [-0.2, -0.15) is 0 Å². The summed E-state index contributed by atoms with van der Waals surface area (Å²) in [5.41, 5.74) is 0.976. The molecular formula is C15H23FN2O. The number of hydrogen-bond acceptors (Lipinski definition) is 3. The van der Waals surface area contributed by atoms with Crippen LogP contribution >= 0.6 is 0 Å². The average Bonchev–Trinajstić information content (AvgIpc) is 2.53. The SMILES string of the molecule is CCOc1ccc(N2CCCNC(C)(C)C2)cc1F. The van der Waals surface area contributed by atoms with Gasteiger partial charge in [0.25, 0.3) is 0 Å². The Morgan fingerprint density at radius 1 is 1.42 bits per heavy atom. The van der Waals surface area contributed by atoms with Gasteiger partial charge in [0.05, 0.1) is 6.61 Å². The summed E-state index contributed by atoms with van der Waals surface area (Å²) in [6.45, 7) is 9.52. The Bertz CT molecular complexity index is 434. The summed E-state index contributed by atoms with van der Waals surface area (Å²) in [5.74, 6) is 0.0489. The molecule has 1 aromatic rings. The molecule has 4 heteroatoms.